The zero-order valence-corrected chi connectivity index (χ0v) is 13.9. The van der Waals surface area contributed by atoms with Gasteiger partial charge < -0.3 is 4.55 Å². The average molecular weight is 337 g/mol. The maximum absolute atomic E-state index is 12.9. The zero-order chi connectivity index (χ0) is 15.0. The molecule has 0 fully saturated rings. The van der Waals surface area contributed by atoms with Crippen molar-refractivity contribution in [3.63, 3.8) is 0 Å². The SMILES string of the molecule is Cc1ccc2c(c1)CCC=C2[S+]([O-])c1ccc(Cl)c(Cl)c1. The van der Waals surface area contributed by atoms with E-state index in [1.165, 1.54) is 11.1 Å². The van der Waals surface area contributed by atoms with Crippen LogP contribution in [0.2, 0.25) is 10.0 Å². The van der Waals surface area contributed by atoms with E-state index in [4.69, 9.17) is 23.2 Å². The molecule has 1 atom stereocenters. The van der Waals surface area contributed by atoms with Crippen LogP contribution in [0.1, 0.15) is 23.1 Å². The Kier molecular flexibility index (Phi) is 4.32. The van der Waals surface area contributed by atoms with Crippen LogP contribution in [0.5, 0.6) is 0 Å². The standard InChI is InChI=1S/C17H14Cl2OS/c1-11-5-7-14-12(9-11)3-2-4-17(14)21(20)13-6-8-15(18)16(19)10-13/h4-10H,2-3H2,1H3. The van der Waals surface area contributed by atoms with E-state index < -0.39 is 11.2 Å². The monoisotopic (exact) mass is 336 g/mol. The van der Waals surface area contributed by atoms with Crippen LogP contribution in [0.15, 0.2) is 47.4 Å². The van der Waals surface area contributed by atoms with E-state index in [2.05, 4.69) is 31.2 Å². The third-order valence-electron chi connectivity index (χ3n) is 3.57. The molecule has 2 aromatic rings. The number of fused-ring (bicyclic) bond motifs is 1. The minimum absolute atomic E-state index is 0.433. The van der Waals surface area contributed by atoms with Gasteiger partial charge in [0.05, 0.1) is 10.0 Å². The van der Waals surface area contributed by atoms with Gasteiger partial charge in [0.15, 0.2) is 9.80 Å². The van der Waals surface area contributed by atoms with Gasteiger partial charge in [-0.25, -0.2) is 0 Å². The predicted molar refractivity (Wildman–Crippen MR) is 90.3 cm³/mol. The van der Waals surface area contributed by atoms with Crippen LogP contribution in [0.25, 0.3) is 4.91 Å². The Labute approximate surface area is 137 Å². The summed E-state index contributed by atoms with van der Waals surface area (Å²) in [6.07, 6.45) is 3.98. The number of aryl methyl sites for hydroxylation is 2. The summed E-state index contributed by atoms with van der Waals surface area (Å²) >= 11 is 10.7. The van der Waals surface area contributed by atoms with Crippen molar-refractivity contribution in [1.29, 1.82) is 0 Å². The highest BCUT2D eigenvalue weighted by Gasteiger charge is 2.25. The van der Waals surface area contributed by atoms with Gasteiger partial charge in [-0.05, 0) is 49.6 Å². The third-order valence-corrected chi connectivity index (χ3v) is 5.78. The number of rotatable bonds is 2. The van der Waals surface area contributed by atoms with E-state index in [0.29, 0.717) is 14.9 Å². The van der Waals surface area contributed by atoms with Gasteiger partial charge in [-0.15, -0.1) is 0 Å². The van der Waals surface area contributed by atoms with E-state index in [-0.39, 0.29) is 0 Å². The van der Waals surface area contributed by atoms with E-state index in [1.807, 2.05) is 0 Å². The number of benzene rings is 2. The van der Waals surface area contributed by atoms with Gasteiger partial charge in [-0.2, -0.15) is 0 Å². The molecule has 0 spiro atoms. The second-order valence-electron chi connectivity index (χ2n) is 5.11. The molecule has 108 valence electrons. The summed E-state index contributed by atoms with van der Waals surface area (Å²) in [7, 11) is 0. The Morgan fingerprint density at radius 3 is 2.62 bits per heavy atom. The molecule has 4 heteroatoms. The maximum Gasteiger partial charge on any atom is 0.161 e. The first-order valence-corrected chi connectivity index (χ1v) is 8.64. The summed E-state index contributed by atoms with van der Waals surface area (Å²) in [6.45, 7) is 2.08. The molecular formula is C17H14Cl2OS. The minimum Gasteiger partial charge on any atom is -0.606 e. The van der Waals surface area contributed by atoms with Crippen molar-refractivity contribution in [1.82, 2.24) is 0 Å². The Morgan fingerprint density at radius 1 is 1.05 bits per heavy atom. The lowest BCUT2D eigenvalue weighted by atomic mass is 9.95. The lowest BCUT2D eigenvalue weighted by Gasteiger charge is -2.20. The first-order chi connectivity index (χ1) is 10.1. The maximum atomic E-state index is 12.9. The molecule has 0 heterocycles. The molecule has 0 saturated heterocycles. The fraction of sp³-hybridized carbons (Fsp3) is 0.176. The van der Waals surface area contributed by atoms with Crippen molar-refractivity contribution in [2.45, 2.75) is 24.7 Å². The molecular weight excluding hydrogens is 323 g/mol. The molecule has 0 saturated carbocycles. The Hall–Kier alpha value is -0.930. The van der Waals surface area contributed by atoms with Gasteiger partial charge in [0.25, 0.3) is 0 Å². The number of allylic oxidation sites excluding steroid dienone is 1. The quantitative estimate of drug-likeness (QED) is 0.673. The first-order valence-electron chi connectivity index (χ1n) is 6.73. The lowest BCUT2D eigenvalue weighted by molar-refractivity contribution is 0.604. The second kappa shape index (κ2) is 6.05. The van der Waals surface area contributed by atoms with Gasteiger partial charge in [0.1, 0.15) is 0 Å². The van der Waals surface area contributed by atoms with Crippen LogP contribution in [0, 0.1) is 6.92 Å². The highest BCUT2D eigenvalue weighted by Crippen LogP contribution is 2.36. The summed E-state index contributed by atoms with van der Waals surface area (Å²) < 4.78 is 12.9. The first kappa shape index (κ1) is 15.0. The highest BCUT2D eigenvalue weighted by molar-refractivity contribution is 8.00. The molecule has 1 aliphatic carbocycles. The van der Waals surface area contributed by atoms with Crippen LogP contribution in [-0.4, -0.2) is 4.55 Å². The van der Waals surface area contributed by atoms with E-state index in [1.54, 1.807) is 18.2 Å². The lowest BCUT2D eigenvalue weighted by Crippen LogP contribution is -2.10. The van der Waals surface area contributed by atoms with Crippen LogP contribution >= 0.6 is 23.2 Å². The van der Waals surface area contributed by atoms with Gasteiger partial charge in [0, 0.05) is 22.8 Å². The summed E-state index contributed by atoms with van der Waals surface area (Å²) in [5.41, 5.74) is 3.58. The Bertz CT molecular complexity index is 725. The summed E-state index contributed by atoms with van der Waals surface area (Å²) in [5.74, 6) is 0. The average Bonchev–Trinajstić information content (AvgIpc) is 2.48. The normalized spacial score (nSPS) is 15.3. The smallest absolute Gasteiger partial charge is 0.161 e. The van der Waals surface area contributed by atoms with E-state index >= 15 is 0 Å². The zero-order valence-electron chi connectivity index (χ0n) is 11.5. The minimum atomic E-state index is -1.24. The van der Waals surface area contributed by atoms with Crippen LogP contribution in [0.3, 0.4) is 0 Å². The van der Waals surface area contributed by atoms with Crippen LogP contribution in [0.4, 0.5) is 0 Å². The molecule has 0 bridgehead atoms. The van der Waals surface area contributed by atoms with Crippen molar-refractivity contribution in [3.05, 3.63) is 69.2 Å². The molecule has 0 aromatic heterocycles. The van der Waals surface area contributed by atoms with Gasteiger partial charge >= 0.3 is 0 Å². The van der Waals surface area contributed by atoms with Gasteiger partial charge in [-0.1, -0.05) is 40.9 Å². The van der Waals surface area contributed by atoms with Crippen LogP contribution < -0.4 is 0 Å². The third kappa shape index (κ3) is 3.00. The van der Waals surface area contributed by atoms with Crippen molar-refractivity contribution in [2.24, 2.45) is 0 Å². The van der Waals surface area contributed by atoms with Gasteiger partial charge in [0.2, 0.25) is 0 Å². The molecule has 1 unspecified atom stereocenters. The molecule has 1 aliphatic rings. The molecule has 21 heavy (non-hydrogen) atoms. The molecule has 0 radical (unpaired) electrons. The number of hydrogen-bond acceptors (Lipinski definition) is 1. The topological polar surface area (TPSA) is 23.1 Å². The van der Waals surface area contributed by atoms with Crippen molar-refractivity contribution < 1.29 is 4.55 Å². The van der Waals surface area contributed by atoms with Crippen LogP contribution in [-0.2, 0) is 17.6 Å². The molecule has 0 amide bonds. The predicted octanol–water partition coefficient (Wildman–Crippen LogP) is 5.40. The largest absolute Gasteiger partial charge is 0.606 e. The Balaban J connectivity index is 2.00. The van der Waals surface area contributed by atoms with Crippen molar-refractivity contribution in [2.75, 3.05) is 0 Å². The summed E-state index contributed by atoms with van der Waals surface area (Å²) in [4.78, 5) is 1.55. The summed E-state index contributed by atoms with van der Waals surface area (Å²) in [5, 5.41) is 0.911. The Morgan fingerprint density at radius 2 is 1.86 bits per heavy atom. The number of hydrogen-bond donors (Lipinski definition) is 0. The van der Waals surface area contributed by atoms with E-state index in [9.17, 15) is 4.55 Å². The molecule has 1 nitrogen and oxygen atoms in total. The molecule has 2 aromatic carbocycles. The highest BCUT2D eigenvalue weighted by atomic mass is 35.5. The van der Waals surface area contributed by atoms with Crippen molar-refractivity contribution >= 4 is 39.3 Å². The fourth-order valence-corrected chi connectivity index (χ4v) is 4.23. The van der Waals surface area contributed by atoms with E-state index in [0.717, 1.165) is 23.3 Å². The molecule has 0 N–H and O–H groups in total. The number of halogens is 2. The second-order valence-corrected chi connectivity index (χ2v) is 7.38. The molecule has 0 aliphatic heterocycles. The van der Waals surface area contributed by atoms with Gasteiger partial charge in [-0.3, -0.25) is 0 Å². The molecule has 3 rings (SSSR count). The fourth-order valence-electron chi connectivity index (χ4n) is 2.53. The van der Waals surface area contributed by atoms with Crippen molar-refractivity contribution in [3.8, 4) is 0 Å². The summed E-state index contributed by atoms with van der Waals surface area (Å²) in [6, 6.07) is 11.4.